The van der Waals surface area contributed by atoms with Crippen LogP contribution < -0.4 is 11.1 Å². The second-order valence-corrected chi connectivity index (χ2v) is 7.42. The number of hydrogen-bond acceptors (Lipinski definition) is 5. The van der Waals surface area contributed by atoms with Crippen molar-refractivity contribution in [3.8, 4) is 11.1 Å². The smallest absolute Gasteiger partial charge is 0.254 e. The van der Waals surface area contributed by atoms with Gasteiger partial charge in [-0.2, -0.15) is 4.98 Å². The number of nitrogens with one attached hydrogen (secondary N) is 1. The molecule has 0 spiro atoms. The highest BCUT2D eigenvalue weighted by Crippen LogP contribution is 2.28. The minimum Gasteiger partial charge on any atom is -0.388 e. The summed E-state index contributed by atoms with van der Waals surface area (Å²) in [5.74, 6) is -1.61. The molecule has 164 valence electrons. The Kier molecular flexibility index (Phi) is 5.83. The first-order valence-corrected chi connectivity index (χ1v) is 9.96. The third-order valence-corrected chi connectivity index (χ3v) is 5.18. The third-order valence-electron chi connectivity index (χ3n) is 5.18. The van der Waals surface area contributed by atoms with Gasteiger partial charge in [0.25, 0.3) is 5.91 Å². The van der Waals surface area contributed by atoms with Crippen molar-refractivity contribution in [2.24, 2.45) is 0 Å². The molecular weight excluding hydrogens is 416 g/mol. The summed E-state index contributed by atoms with van der Waals surface area (Å²) >= 11 is 0. The van der Waals surface area contributed by atoms with Crippen molar-refractivity contribution in [2.75, 3.05) is 12.3 Å². The SMILES string of the molecule is Cc1ccc(-c2ccn3nc(N)nc3c2)c(F)c1C(=O)NCCC(O)c1cccc(F)c1. The van der Waals surface area contributed by atoms with Crippen LogP contribution in [0.4, 0.5) is 14.7 Å². The van der Waals surface area contributed by atoms with Crippen molar-refractivity contribution in [3.63, 3.8) is 0 Å². The predicted molar refractivity (Wildman–Crippen MR) is 116 cm³/mol. The van der Waals surface area contributed by atoms with Crippen LogP contribution in [0.15, 0.2) is 54.7 Å². The van der Waals surface area contributed by atoms with Crippen LogP contribution in [-0.2, 0) is 0 Å². The van der Waals surface area contributed by atoms with Crippen molar-refractivity contribution in [1.29, 1.82) is 0 Å². The van der Waals surface area contributed by atoms with Crippen LogP contribution in [-0.4, -0.2) is 32.2 Å². The minimum atomic E-state index is -0.953. The topological polar surface area (TPSA) is 106 Å². The average molecular weight is 437 g/mol. The zero-order valence-corrected chi connectivity index (χ0v) is 17.2. The number of aliphatic hydroxyl groups excluding tert-OH is 1. The van der Waals surface area contributed by atoms with Gasteiger partial charge in [-0.1, -0.05) is 24.3 Å². The van der Waals surface area contributed by atoms with Crippen LogP contribution >= 0.6 is 0 Å². The van der Waals surface area contributed by atoms with Gasteiger partial charge in [0.15, 0.2) is 5.65 Å². The van der Waals surface area contributed by atoms with Gasteiger partial charge >= 0.3 is 0 Å². The monoisotopic (exact) mass is 437 g/mol. The van der Waals surface area contributed by atoms with E-state index in [4.69, 9.17) is 5.73 Å². The van der Waals surface area contributed by atoms with Gasteiger partial charge in [-0.05, 0) is 54.3 Å². The van der Waals surface area contributed by atoms with E-state index in [0.717, 1.165) is 0 Å². The Morgan fingerprint density at radius 3 is 2.81 bits per heavy atom. The van der Waals surface area contributed by atoms with Crippen LogP contribution in [0.2, 0.25) is 0 Å². The number of halogens is 2. The van der Waals surface area contributed by atoms with Gasteiger partial charge in [-0.3, -0.25) is 4.79 Å². The molecule has 0 bridgehead atoms. The number of nitrogens with zero attached hydrogens (tertiary/aromatic N) is 3. The molecular formula is C23H21F2N5O2. The average Bonchev–Trinajstić information content (AvgIpc) is 3.13. The molecule has 0 saturated heterocycles. The quantitative estimate of drug-likeness (QED) is 0.429. The van der Waals surface area contributed by atoms with Gasteiger partial charge in [0.05, 0.1) is 11.7 Å². The lowest BCUT2D eigenvalue weighted by atomic mass is 9.98. The molecule has 4 N–H and O–H groups in total. The van der Waals surface area contributed by atoms with Gasteiger partial charge in [0.2, 0.25) is 5.95 Å². The summed E-state index contributed by atoms with van der Waals surface area (Å²) in [5.41, 5.74) is 7.63. The molecule has 2 aromatic heterocycles. The molecule has 1 atom stereocenters. The Bertz CT molecular complexity index is 1310. The molecule has 1 amide bonds. The highest BCUT2D eigenvalue weighted by molar-refractivity contribution is 5.97. The molecule has 0 fully saturated rings. The molecule has 2 heterocycles. The number of nitrogens with two attached hydrogens (primary N) is 1. The number of amides is 1. The van der Waals surface area contributed by atoms with Crippen molar-refractivity contribution >= 4 is 17.5 Å². The first-order valence-electron chi connectivity index (χ1n) is 9.96. The summed E-state index contributed by atoms with van der Waals surface area (Å²) in [6, 6.07) is 12.2. The lowest BCUT2D eigenvalue weighted by Gasteiger charge is -2.14. The van der Waals surface area contributed by atoms with Crippen LogP contribution in [0.5, 0.6) is 0 Å². The van der Waals surface area contributed by atoms with Crippen LogP contribution in [0.3, 0.4) is 0 Å². The maximum absolute atomic E-state index is 15.4. The molecule has 0 aliphatic rings. The highest BCUT2D eigenvalue weighted by atomic mass is 19.1. The molecule has 2 aromatic carbocycles. The van der Waals surface area contributed by atoms with E-state index in [1.54, 1.807) is 43.5 Å². The fraction of sp³-hybridized carbons (Fsp3) is 0.174. The van der Waals surface area contributed by atoms with Gasteiger partial charge < -0.3 is 16.2 Å². The second kappa shape index (κ2) is 8.72. The summed E-state index contributed by atoms with van der Waals surface area (Å²) < 4.78 is 30.1. The zero-order valence-electron chi connectivity index (χ0n) is 17.2. The lowest BCUT2D eigenvalue weighted by Crippen LogP contribution is -2.27. The van der Waals surface area contributed by atoms with E-state index in [9.17, 15) is 14.3 Å². The summed E-state index contributed by atoms with van der Waals surface area (Å²) in [4.78, 5) is 16.8. The third kappa shape index (κ3) is 4.28. The van der Waals surface area contributed by atoms with Crippen molar-refractivity contribution in [3.05, 3.63) is 83.1 Å². The fourth-order valence-electron chi connectivity index (χ4n) is 3.53. The maximum atomic E-state index is 15.4. The van der Waals surface area contributed by atoms with E-state index in [-0.39, 0.29) is 30.0 Å². The summed E-state index contributed by atoms with van der Waals surface area (Å²) in [6.45, 7) is 1.73. The standard InChI is InChI=1S/C23H21F2N5O2/c1-13-5-6-17(14-8-10-30-19(12-14)28-23(26)29-30)21(25)20(13)22(32)27-9-7-18(31)15-3-2-4-16(24)11-15/h2-6,8,10-12,18,31H,7,9H2,1H3,(H2,26,29)(H,27,32). The molecule has 0 radical (unpaired) electrons. The second-order valence-electron chi connectivity index (χ2n) is 7.42. The van der Waals surface area contributed by atoms with E-state index in [1.165, 1.54) is 22.7 Å². The highest BCUT2D eigenvalue weighted by Gasteiger charge is 2.20. The number of nitrogen functional groups attached to an aromatic ring is 1. The Labute approximate surface area is 182 Å². The number of aromatic nitrogens is 3. The Balaban J connectivity index is 1.52. The largest absolute Gasteiger partial charge is 0.388 e. The first-order chi connectivity index (χ1) is 15.3. The fourth-order valence-corrected chi connectivity index (χ4v) is 3.53. The van der Waals surface area contributed by atoms with Gasteiger partial charge in [-0.15, -0.1) is 5.10 Å². The molecule has 4 rings (SSSR count). The Morgan fingerprint density at radius 1 is 1.22 bits per heavy atom. The van der Waals surface area contributed by atoms with E-state index in [1.807, 2.05) is 0 Å². The van der Waals surface area contributed by atoms with E-state index >= 15 is 4.39 Å². The van der Waals surface area contributed by atoms with Gasteiger partial charge in [0.1, 0.15) is 11.6 Å². The molecule has 7 nitrogen and oxygen atoms in total. The molecule has 0 aliphatic heterocycles. The number of anilines is 1. The number of hydrogen-bond donors (Lipinski definition) is 3. The summed E-state index contributed by atoms with van der Waals surface area (Å²) in [7, 11) is 0. The van der Waals surface area contributed by atoms with E-state index < -0.39 is 23.6 Å². The van der Waals surface area contributed by atoms with Gasteiger partial charge in [-0.25, -0.2) is 13.3 Å². The molecule has 9 heteroatoms. The van der Waals surface area contributed by atoms with Gasteiger partial charge in [0, 0.05) is 18.3 Å². The van der Waals surface area contributed by atoms with Crippen LogP contribution in [0.1, 0.15) is 34.0 Å². The summed E-state index contributed by atoms with van der Waals surface area (Å²) in [5, 5.41) is 16.8. The molecule has 1 unspecified atom stereocenters. The number of aliphatic hydroxyl groups is 1. The molecule has 0 aliphatic carbocycles. The summed E-state index contributed by atoms with van der Waals surface area (Å²) in [6.07, 6.45) is 0.812. The van der Waals surface area contributed by atoms with Crippen molar-refractivity contribution < 1.29 is 18.7 Å². The minimum absolute atomic E-state index is 0.0800. The maximum Gasteiger partial charge on any atom is 0.254 e. The van der Waals surface area contributed by atoms with Crippen molar-refractivity contribution in [1.82, 2.24) is 19.9 Å². The van der Waals surface area contributed by atoms with Crippen molar-refractivity contribution in [2.45, 2.75) is 19.4 Å². The van der Waals surface area contributed by atoms with E-state index in [0.29, 0.717) is 22.3 Å². The number of carbonyl (C=O) groups is 1. The number of fused-ring (bicyclic) bond motifs is 1. The number of aryl methyl sites for hydroxylation is 1. The zero-order chi connectivity index (χ0) is 22.8. The van der Waals surface area contributed by atoms with Crippen LogP contribution in [0, 0.1) is 18.6 Å². The number of benzene rings is 2. The lowest BCUT2D eigenvalue weighted by molar-refractivity contribution is 0.0938. The van der Waals surface area contributed by atoms with E-state index in [2.05, 4.69) is 15.4 Å². The first kappa shape index (κ1) is 21.4. The normalized spacial score (nSPS) is 12.1. The number of pyridine rings is 1. The molecule has 32 heavy (non-hydrogen) atoms. The van der Waals surface area contributed by atoms with Crippen LogP contribution in [0.25, 0.3) is 16.8 Å². The Hall–Kier alpha value is -3.85. The molecule has 0 saturated carbocycles. The molecule has 4 aromatic rings. The Morgan fingerprint density at radius 2 is 2.03 bits per heavy atom. The predicted octanol–water partition coefficient (Wildman–Crippen LogP) is 3.42. The number of rotatable bonds is 6. The number of carbonyl (C=O) groups excluding carboxylic acids is 1.